The molecule has 3 saturated heterocycles. The van der Waals surface area contributed by atoms with Crippen molar-refractivity contribution in [1.29, 1.82) is 0 Å². The number of rotatable bonds is 3. The van der Waals surface area contributed by atoms with Crippen LogP contribution in [0.2, 0.25) is 0 Å². The summed E-state index contributed by atoms with van der Waals surface area (Å²) < 4.78 is 5.28. The first-order valence-electron chi connectivity index (χ1n) is 12.2. The number of amides is 1. The highest BCUT2D eigenvalue weighted by Crippen LogP contribution is 2.45. The van der Waals surface area contributed by atoms with E-state index < -0.39 is 0 Å². The van der Waals surface area contributed by atoms with Crippen molar-refractivity contribution >= 4 is 5.91 Å². The van der Waals surface area contributed by atoms with Crippen LogP contribution in [0.5, 0.6) is 5.75 Å². The molecule has 2 bridgehead atoms. The Hall–Kier alpha value is -2.60. The van der Waals surface area contributed by atoms with Gasteiger partial charge in [0.2, 0.25) is 0 Å². The molecule has 0 saturated carbocycles. The minimum absolute atomic E-state index is 0.111. The number of methoxy groups -OCH3 is 1. The molecule has 0 spiro atoms. The highest BCUT2D eigenvalue weighted by molar-refractivity contribution is 6.00. The molecule has 3 fully saturated rings. The fourth-order valence-corrected chi connectivity index (χ4v) is 6.78. The predicted octanol–water partition coefficient (Wildman–Crippen LogP) is 4.12. The zero-order chi connectivity index (χ0) is 21.7. The quantitative estimate of drug-likeness (QED) is 0.741. The number of likely N-dealkylation sites (tertiary alicyclic amines) is 1. The average Bonchev–Trinajstić information content (AvgIpc) is 3.33. The molecular formula is C26H32N4O2. The van der Waals surface area contributed by atoms with Gasteiger partial charge in [-0.15, -0.1) is 0 Å². The molecule has 3 aliphatic heterocycles. The second-order valence-corrected chi connectivity index (χ2v) is 9.89. The number of H-pyrrole nitrogens is 1. The average molecular weight is 433 g/mol. The summed E-state index contributed by atoms with van der Waals surface area (Å²) in [5, 5.41) is 7.32. The summed E-state index contributed by atoms with van der Waals surface area (Å²) in [6.45, 7) is 3.20. The number of aromatic nitrogens is 2. The minimum atomic E-state index is 0.111. The Morgan fingerprint density at radius 3 is 2.88 bits per heavy atom. The van der Waals surface area contributed by atoms with Crippen LogP contribution in [0.3, 0.4) is 0 Å². The number of ether oxygens (including phenoxy) is 1. The lowest BCUT2D eigenvalue weighted by Crippen LogP contribution is -2.60. The van der Waals surface area contributed by atoms with Crippen LogP contribution < -0.4 is 4.74 Å². The SMILES string of the molecule is COc1ccc(-c2[nH]ncc2C(=O)N2CCCC3=C[C@H]4C[C@@H](CN5CCCCC45)C32)cc1. The molecule has 168 valence electrons. The molecule has 32 heavy (non-hydrogen) atoms. The molecule has 1 aliphatic carbocycles. The van der Waals surface area contributed by atoms with Crippen molar-refractivity contribution in [3.05, 3.63) is 47.7 Å². The topological polar surface area (TPSA) is 61.5 Å². The van der Waals surface area contributed by atoms with Gasteiger partial charge in [0.25, 0.3) is 5.91 Å². The van der Waals surface area contributed by atoms with Gasteiger partial charge in [0, 0.05) is 24.7 Å². The molecule has 4 heterocycles. The Morgan fingerprint density at radius 2 is 2.03 bits per heavy atom. The zero-order valence-electron chi connectivity index (χ0n) is 18.8. The Labute approximate surface area is 189 Å². The maximum Gasteiger partial charge on any atom is 0.258 e. The highest BCUT2D eigenvalue weighted by Gasteiger charge is 2.47. The van der Waals surface area contributed by atoms with Crippen LogP contribution >= 0.6 is 0 Å². The van der Waals surface area contributed by atoms with E-state index in [4.69, 9.17) is 4.74 Å². The molecule has 6 heteroatoms. The van der Waals surface area contributed by atoms with Crippen molar-refractivity contribution in [2.75, 3.05) is 26.7 Å². The second-order valence-electron chi connectivity index (χ2n) is 9.89. The van der Waals surface area contributed by atoms with Crippen molar-refractivity contribution in [3.8, 4) is 17.0 Å². The van der Waals surface area contributed by atoms with E-state index in [2.05, 4.69) is 26.1 Å². The molecule has 4 atom stereocenters. The highest BCUT2D eigenvalue weighted by atomic mass is 16.5. The normalized spacial score (nSPS) is 29.7. The van der Waals surface area contributed by atoms with Crippen LogP contribution in [0.25, 0.3) is 11.3 Å². The van der Waals surface area contributed by atoms with Crippen molar-refractivity contribution in [3.63, 3.8) is 0 Å². The molecule has 2 aromatic rings. The maximum absolute atomic E-state index is 13.9. The first kappa shape index (κ1) is 20.0. The third kappa shape index (κ3) is 3.27. The Kier molecular flexibility index (Phi) is 5.05. The third-order valence-electron chi connectivity index (χ3n) is 8.17. The van der Waals surface area contributed by atoms with E-state index in [-0.39, 0.29) is 11.9 Å². The molecule has 2 unspecified atom stereocenters. The summed E-state index contributed by atoms with van der Waals surface area (Å²) >= 11 is 0. The van der Waals surface area contributed by atoms with E-state index in [9.17, 15) is 4.79 Å². The monoisotopic (exact) mass is 432 g/mol. The lowest BCUT2D eigenvalue weighted by atomic mass is 9.68. The molecular weight excluding hydrogens is 400 g/mol. The number of hydrogen-bond acceptors (Lipinski definition) is 4. The lowest BCUT2D eigenvalue weighted by molar-refractivity contribution is 0.00150. The van der Waals surface area contributed by atoms with Gasteiger partial charge >= 0.3 is 0 Å². The number of carbonyl (C=O) groups excluding carboxylic acids is 1. The van der Waals surface area contributed by atoms with Gasteiger partial charge in [-0.3, -0.25) is 14.8 Å². The molecule has 4 aliphatic rings. The summed E-state index contributed by atoms with van der Waals surface area (Å²) in [6.07, 6.45) is 11.7. The summed E-state index contributed by atoms with van der Waals surface area (Å²) in [5.41, 5.74) is 3.94. The number of benzene rings is 1. The largest absolute Gasteiger partial charge is 0.497 e. The van der Waals surface area contributed by atoms with Crippen LogP contribution in [0.4, 0.5) is 0 Å². The fraction of sp³-hybridized carbons (Fsp3) is 0.538. The molecule has 0 radical (unpaired) electrons. The standard InChI is InChI=1S/C26H32N4O2/c1-32-21-9-7-17(8-10-21)24-22(15-27-28-24)26(31)30-12-4-5-18-13-19-14-20(25(18)30)16-29-11-3-2-6-23(19)29/h7-10,13,15,19-20,23,25H,2-6,11-12,14,16H2,1H3,(H,27,28)/t19-,20-,23?,25?/m0/s1. The van der Waals surface area contributed by atoms with E-state index >= 15 is 0 Å². The molecule has 1 N–H and O–H groups in total. The Bertz CT molecular complexity index is 1030. The van der Waals surface area contributed by atoms with Crippen LogP contribution in [-0.4, -0.2) is 64.7 Å². The Morgan fingerprint density at radius 1 is 1.16 bits per heavy atom. The van der Waals surface area contributed by atoms with Gasteiger partial charge in [-0.1, -0.05) is 18.1 Å². The van der Waals surface area contributed by atoms with Gasteiger partial charge < -0.3 is 9.64 Å². The van der Waals surface area contributed by atoms with Crippen LogP contribution in [0.1, 0.15) is 48.9 Å². The lowest BCUT2D eigenvalue weighted by Gasteiger charge is -2.54. The maximum atomic E-state index is 13.9. The summed E-state index contributed by atoms with van der Waals surface area (Å²) in [6, 6.07) is 8.78. The van der Waals surface area contributed by atoms with E-state index in [0.717, 1.165) is 49.0 Å². The van der Waals surface area contributed by atoms with Crippen molar-refractivity contribution in [2.45, 2.75) is 50.6 Å². The number of piperidine rings is 3. The molecule has 6 rings (SSSR count). The number of nitrogens with one attached hydrogen (secondary N) is 1. The number of nitrogens with zero attached hydrogens (tertiary/aromatic N) is 3. The minimum Gasteiger partial charge on any atom is -0.497 e. The smallest absolute Gasteiger partial charge is 0.258 e. The van der Waals surface area contributed by atoms with E-state index in [1.165, 1.54) is 37.8 Å². The number of fused-ring (bicyclic) bond motifs is 6. The van der Waals surface area contributed by atoms with Crippen LogP contribution in [0.15, 0.2) is 42.1 Å². The van der Waals surface area contributed by atoms with Gasteiger partial charge in [-0.2, -0.15) is 5.10 Å². The summed E-state index contributed by atoms with van der Waals surface area (Å²) in [4.78, 5) is 18.8. The van der Waals surface area contributed by atoms with E-state index in [1.54, 1.807) is 13.3 Å². The van der Waals surface area contributed by atoms with Crippen LogP contribution in [0, 0.1) is 11.8 Å². The van der Waals surface area contributed by atoms with Gasteiger partial charge in [-0.05, 0) is 74.8 Å². The number of hydrogen-bond donors (Lipinski definition) is 1. The molecule has 1 amide bonds. The Balaban J connectivity index is 1.31. The van der Waals surface area contributed by atoms with Gasteiger partial charge in [0.15, 0.2) is 0 Å². The van der Waals surface area contributed by atoms with Crippen molar-refractivity contribution < 1.29 is 9.53 Å². The number of carbonyl (C=O) groups is 1. The third-order valence-corrected chi connectivity index (χ3v) is 8.17. The van der Waals surface area contributed by atoms with Crippen molar-refractivity contribution in [1.82, 2.24) is 20.0 Å². The number of aromatic amines is 1. The molecule has 1 aromatic heterocycles. The first-order valence-corrected chi connectivity index (χ1v) is 12.2. The predicted molar refractivity (Wildman–Crippen MR) is 124 cm³/mol. The van der Waals surface area contributed by atoms with Gasteiger partial charge in [0.05, 0.1) is 30.6 Å². The van der Waals surface area contributed by atoms with Gasteiger partial charge in [-0.25, -0.2) is 0 Å². The zero-order valence-corrected chi connectivity index (χ0v) is 18.8. The molecule has 6 nitrogen and oxygen atoms in total. The summed E-state index contributed by atoms with van der Waals surface area (Å²) in [7, 11) is 1.66. The fourth-order valence-electron chi connectivity index (χ4n) is 6.78. The van der Waals surface area contributed by atoms with Crippen LogP contribution in [-0.2, 0) is 0 Å². The van der Waals surface area contributed by atoms with E-state index in [0.29, 0.717) is 17.4 Å². The van der Waals surface area contributed by atoms with Crippen molar-refractivity contribution in [2.24, 2.45) is 11.8 Å². The second kappa shape index (κ2) is 8.07. The summed E-state index contributed by atoms with van der Waals surface area (Å²) in [5.74, 6) is 2.14. The van der Waals surface area contributed by atoms with Gasteiger partial charge in [0.1, 0.15) is 5.75 Å². The first-order chi connectivity index (χ1) is 15.7. The van der Waals surface area contributed by atoms with E-state index in [1.807, 2.05) is 24.3 Å². The molecule has 1 aromatic carbocycles.